The number of allylic oxidation sites excluding steroid dienone is 11. The fourth-order valence-corrected chi connectivity index (χ4v) is 11.0. The summed E-state index contributed by atoms with van der Waals surface area (Å²) in [5.41, 5.74) is 0. The number of ether oxygens (including phenoxy) is 6. The summed E-state index contributed by atoms with van der Waals surface area (Å²) in [6, 6.07) is -0.968. The van der Waals surface area contributed by atoms with Crippen molar-refractivity contribution in [2.45, 2.75) is 324 Å². The van der Waals surface area contributed by atoms with E-state index >= 15 is 0 Å². The monoisotopic (exact) mass is 1240 g/mol. The molecule has 3 aliphatic heterocycles. The molecule has 0 aliphatic carbocycles. The third-order valence-corrected chi connectivity index (χ3v) is 16.5. The smallest absolute Gasteiger partial charge is 0.220 e. The van der Waals surface area contributed by atoms with Gasteiger partial charge in [0, 0.05) is 6.42 Å². The zero-order chi connectivity index (χ0) is 63.3. The second kappa shape index (κ2) is 49.9. The first-order valence-electron chi connectivity index (χ1n) is 33.7. The molecule has 0 aromatic carbocycles. The Bertz CT molecular complexity index is 1860. The summed E-state index contributed by atoms with van der Waals surface area (Å²) in [5, 5.41) is 119. The van der Waals surface area contributed by atoms with Gasteiger partial charge in [-0.1, -0.05) is 228 Å². The Hall–Kier alpha value is -2.77. The molecule has 19 heteroatoms. The number of hydrogen-bond donors (Lipinski definition) is 12. The molecule has 12 N–H and O–H groups in total. The van der Waals surface area contributed by atoms with Gasteiger partial charge in [0.15, 0.2) is 18.9 Å². The maximum Gasteiger partial charge on any atom is 0.220 e. The maximum atomic E-state index is 13.2. The van der Waals surface area contributed by atoms with E-state index in [1.165, 1.54) is 128 Å². The number of carbonyl (C=O) groups is 1. The van der Waals surface area contributed by atoms with Crippen LogP contribution in [0.2, 0.25) is 0 Å². The summed E-state index contributed by atoms with van der Waals surface area (Å²) in [4.78, 5) is 13.2. The zero-order valence-electron chi connectivity index (χ0n) is 53.0. The van der Waals surface area contributed by atoms with Crippen molar-refractivity contribution in [3.8, 4) is 0 Å². The van der Waals surface area contributed by atoms with E-state index in [2.05, 4.69) is 73.0 Å². The van der Waals surface area contributed by atoms with Crippen molar-refractivity contribution in [3.63, 3.8) is 0 Å². The highest BCUT2D eigenvalue weighted by Gasteiger charge is 2.53. The highest BCUT2D eigenvalue weighted by Crippen LogP contribution is 2.33. The van der Waals surface area contributed by atoms with Crippen molar-refractivity contribution in [1.29, 1.82) is 0 Å². The van der Waals surface area contributed by atoms with Crippen LogP contribution in [0.3, 0.4) is 0 Å². The molecule has 19 nitrogen and oxygen atoms in total. The molecule has 0 aromatic rings. The molecule has 17 atom stereocenters. The van der Waals surface area contributed by atoms with Crippen LogP contribution in [0.15, 0.2) is 72.9 Å². The minimum absolute atomic E-state index is 0.241. The highest BCUT2D eigenvalue weighted by molar-refractivity contribution is 5.76. The van der Waals surface area contributed by atoms with E-state index in [-0.39, 0.29) is 18.9 Å². The number of aliphatic hydroxyl groups excluding tert-OH is 11. The number of unbranched alkanes of at least 4 members (excludes halogenated alkanes) is 24. The number of carbonyl (C=O) groups excluding carboxylic acids is 1. The minimum atomic E-state index is -1.98. The van der Waals surface area contributed by atoms with E-state index in [4.69, 9.17) is 28.4 Å². The molecule has 0 aromatic heterocycles. The fourth-order valence-electron chi connectivity index (χ4n) is 11.0. The second-order valence-corrected chi connectivity index (χ2v) is 23.9. The van der Waals surface area contributed by atoms with E-state index in [9.17, 15) is 61.0 Å². The normalized spacial score (nSPS) is 29.0. The van der Waals surface area contributed by atoms with Gasteiger partial charge in [0.2, 0.25) is 5.91 Å². The van der Waals surface area contributed by atoms with Crippen LogP contribution in [0, 0.1) is 0 Å². The zero-order valence-corrected chi connectivity index (χ0v) is 53.0. The number of rotatable bonds is 50. The lowest BCUT2D eigenvalue weighted by atomic mass is 9.96. The predicted molar refractivity (Wildman–Crippen MR) is 337 cm³/mol. The first-order valence-corrected chi connectivity index (χ1v) is 33.7. The van der Waals surface area contributed by atoms with Crippen molar-refractivity contribution >= 4 is 5.91 Å². The van der Waals surface area contributed by atoms with Gasteiger partial charge < -0.3 is 89.9 Å². The lowest BCUT2D eigenvalue weighted by Gasteiger charge is -2.48. The van der Waals surface area contributed by atoms with Crippen LogP contribution in [0.5, 0.6) is 0 Å². The van der Waals surface area contributed by atoms with Crippen LogP contribution < -0.4 is 5.32 Å². The molecule has 504 valence electrons. The van der Waals surface area contributed by atoms with Gasteiger partial charge in [0.25, 0.3) is 0 Å². The van der Waals surface area contributed by atoms with Gasteiger partial charge in [0.05, 0.1) is 38.6 Å². The first kappa shape index (κ1) is 78.5. The standard InChI is InChI=1S/C68H119NO18/c1-3-5-7-8-9-10-11-12-13-14-15-16-17-18-19-20-21-22-23-24-25-26-27-28-29-30-31-32-33-34-35-36-37-38-39-40-41-42-44-46-56(74)69-51(52(73)45-43-6-4-2)50-82-66-62(80)59(77)64(54(48-71)84-66)87-68-63(81)60(78)65(55(49-72)85-68)86-67-61(79)58(76)57(75)53(47-70)83-67/h5,7,9-10,12-13,15-16,18-19,43,45,51-55,57-68,70-73,75-81H,3-4,6,8,11,14,17,20-42,44,46-50H2,1-2H3,(H,69,74)/b7-5-,10-9-,13-12-,16-15-,19-18-,45-43+. The van der Waals surface area contributed by atoms with Crippen molar-refractivity contribution in [2.75, 3.05) is 26.4 Å². The molecule has 0 spiro atoms. The Morgan fingerprint density at radius 1 is 0.425 bits per heavy atom. The van der Waals surface area contributed by atoms with Crippen molar-refractivity contribution < 1.29 is 89.4 Å². The number of amides is 1. The molecule has 3 aliphatic rings. The summed E-state index contributed by atoms with van der Waals surface area (Å²) in [5.74, 6) is -0.287. The molecule has 3 heterocycles. The van der Waals surface area contributed by atoms with Crippen LogP contribution in [0.1, 0.15) is 219 Å². The third-order valence-electron chi connectivity index (χ3n) is 16.5. The van der Waals surface area contributed by atoms with E-state index in [0.717, 1.165) is 57.8 Å². The molecule has 1 amide bonds. The first-order chi connectivity index (χ1) is 42.3. The second-order valence-electron chi connectivity index (χ2n) is 23.9. The van der Waals surface area contributed by atoms with E-state index < -0.39 is 124 Å². The SMILES string of the molecule is CC/C=C\C/C=C\C/C=C\C/C=C\C/C=C\CCCCCCCCCCCCCCCCCCCCCCCCCC(=O)NC(COC1OC(CO)C(OC2OC(CO)C(OC3OC(CO)C(O)C(O)C3O)C(O)C2O)C(O)C1O)C(O)/C=C/CCC. The number of hydrogen-bond acceptors (Lipinski definition) is 18. The largest absolute Gasteiger partial charge is 0.394 e. The Labute approximate surface area is 521 Å². The quantitative estimate of drug-likeness (QED) is 0.0202. The molecule has 3 fully saturated rings. The van der Waals surface area contributed by atoms with Crippen molar-refractivity contribution in [1.82, 2.24) is 5.32 Å². The lowest BCUT2D eigenvalue weighted by Crippen LogP contribution is -2.66. The van der Waals surface area contributed by atoms with Gasteiger partial charge in [-0.15, -0.1) is 0 Å². The Morgan fingerprint density at radius 3 is 1.22 bits per heavy atom. The fraction of sp³-hybridized carbons (Fsp3) is 0.809. The lowest BCUT2D eigenvalue weighted by molar-refractivity contribution is -0.379. The van der Waals surface area contributed by atoms with Crippen LogP contribution in [0.4, 0.5) is 0 Å². The van der Waals surface area contributed by atoms with Gasteiger partial charge in [-0.05, 0) is 57.8 Å². The van der Waals surface area contributed by atoms with Gasteiger partial charge in [0.1, 0.15) is 73.2 Å². The molecular weight excluding hydrogens is 1120 g/mol. The predicted octanol–water partition coefficient (Wildman–Crippen LogP) is 8.16. The van der Waals surface area contributed by atoms with Gasteiger partial charge in [-0.3, -0.25) is 4.79 Å². The molecular formula is C68H119NO18. The minimum Gasteiger partial charge on any atom is -0.394 e. The molecule has 0 bridgehead atoms. The molecule has 0 radical (unpaired) electrons. The maximum absolute atomic E-state index is 13.2. The Balaban J connectivity index is 1.20. The van der Waals surface area contributed by atoms with Crippen LogP contribution in [-0.2, 0) is 33.2 Å². The average Bonchev–Trinajstić information content (AvgIpc) is 1.25. The van der Waals surface area contributed by atoms with E-state index in [1.54, 1.807) is 12.2 Å². The summed E-state index contributed by atoms with van der Waals surface area (Å²) in [6.07, 6.45) is 36.4. The highest BCUT2D eigenvalue weighted by atomic mass is 16.8. The summed E-state index contributed by atoms with van der Waals surface area (Å²) >= 11 is 0. The molecule has 0 saturated carbocycles. The summed E-state index contributed by atoms with van der Waals surface area (Å²) in [6.45, 7) is 1.37. The average molecular weight is 1240 g/mol. The molecule has 3 rings (SSSR count). The van der Waals surface area contributed by atoms with E-state index in [0.29, 0.717) is 12.8 Å². The summed E-state index contributed by atoms with van der Waals surface area (Å²) < 4.78 is 34.0. The van der Waals surface area contributed by atoms with Crippen molar-refractivity contribution in [3.05, 3.63) is 72.9 Å². The summed E-state index contributed by atoms with van der Waals surface area (Å²) in [7, 11) is 0. The van der Waals surface area contributed by atoms with E-state index in [1.807, 2.05) is 6.92 Å². The van der Waals surface area contributed by atoms with Crippen LogP contribution in [0.25, 0.3) is 0 Å². The topological polar surface area (TPSA) is 307 Å². The molecule has 17 unspecified atom stereocenters. The number of aliphatic hydroxyl groups is 11. The Kier molecular flexibility index (Phi) is 45.0. The molecule has 3 saturated heterocycles. The van der Waals surface area contributed by atoms with Crippen LogP contribution >= 0.6 is 0 Å². The van der Waals surface area contributed by atoms with Crippen LogP contribution in [-0.4, -0.2) is 193 Å². The van der Waals surface area contributed by atoms with Gasteiger partial charge in [-0.25, -0.2) is 0 Å². The van der Waals surface area contributed by atoms with Crippen molar-refractivity contribution in [2.24, 2.45) is 0 Å². The Morgan fingerprint density at radius 2 is 0.793 bits per heavy atom. The third kappa shape index (κ3) is 32.4. The molecule has 87 heavy (non-hydrogen) atoms. The number of nitrogens with one attached hydrogen (secondary N) is 1. The van der Waals surface area contributed by atoms with Gasteiger partial charge >= 0.3 is 0 Å². The van der Waals surface area contributed by atoms with Gasteiger partial charge in [-0.2, -0.15) is 0 Å².